The van der Waals surface area contributed by atoms with E-state index in [-0.39, 0.29) is 23.4 Å². The number of anilines is 2. The number of carbonyl (C=O) groups excluding carboxylic acids is 2. The average Bonchev–Trinajstić information content (AvgIpc) is 3.11. The molecule has 0 radical (unpaired) electrons. The lowest BCUT2D eigenvalue weighted by Gasteiger charge is -2.38. The number of ether oxygens (including phenoxy) is 1. The van der Waals surface area contributed by atoms with Gasteiger partial charge < -0.3 is 26.0 Å². The topological polar surface area (TPSA) is 104 Å². The molecule has 30 heavy (non-hydrogen) atoms. The minimum absolute atomic E-state index is 0.0445. The molecular formula is C21H24ClN5O3. The van der Waals surface area contributed by atoms with E-state index in [1.54, 1.807) is 36.4 Å². The monoisotopic (exact) mass is 429 g/mol. The van der Waals surface area contributed by atoms with E-state index >= 15 is 0 Å². The predicted molar refractivity (Wildman–Crippen MR) is 115 cm³/mol. The van der Waals surface area contributed by atoms with Gasteiger partial charge in [-0.15, -0.1) is 0 Å². The molecule has 3 amide bonds. The molecule has 158 valence electrons. The van der Waals surface area contributed by atoms with E-state index in [4.69, 9.17) is 16.3 Å². The van der Waals surface area contributed by atoms with Crippen LogP contribution in [0.5, 0.6) is 0 Å². The Hall–Kier alpha value is -2.68. The second kappa shape index (κ2) is 8.99. The van der Waals surface area contributed by atoms with Crippen LogP contribution in [0.4, 0.5) is 16.3 Å². The normalized spacial score (nSPS) is 20.0. The van der Waals surface area contributed by atoms with E-state index in [1.165, 1.54) is 6.20 Å². The highest BCUT2D eigenvalue weighted by molar-refractivity contribution is 6.30. The lowest BCUT2D eigenvalue weighted by atomic mass is 9.76. The number of amides is 3. The maximum Gasteiger partial charge on any atom is 0.319 e. The highest BCUT2D eigenvalue weighted by Crippen LogP contribution is 2.36. The average molecular weight is 430 g/mol. The van der Waals surface area contributed by atoms with E-state index in [2.05, 4.69) is 26.3 Å². The van der Waals surface area contributed by atoms with E-state index in [0.717, 1.165) is 39.1 Å². The fraction of sp³-hybridized carbons (Fsp3) is 0.381. The molecule has 1 spiro atoms. The van der Waals surface area contributed by atoms with Crippen LogP contribution in [-0.2, 0) is 4.74 Å². The zero-order valence-electron chi connectivity index (χ0n) is 16.4. The molecule has 0 aliphatic carbocycles. The molecule has 2 aliphatic rings. The summed E-state index contributed by atoms with van der Waals surface area (Å²) in [5.74, 6) is 0.0750. The van der Waals surface area contributed by atoms with E-state index in [0.29, 0.717) is 22.1 Å². The van der Waals surface area contributed by atoms with Crippen molar-refractivity contribution < 1.29 is 14.3 Å². The number of aromatic nitrogens is 1. The van der Waals surface area contributed by atoms with Gasteiger partial charge >= 0.3 is 6.03 Å². The van der Waals surface area contributed by atoms with Crippen molar-refractivity contribution >= 4 is 35.0 Å². The van der Waals surface area contributed by atoms with Crippen LogP contribution < -0.4 is 21.3 Å². The van der Waals surface area contributed by atoms with Gasteiger partial charge in [0.05, 0.1) is 11.1 Å². The van der Waals surface area contributed by atoms with Crippen LogP contribution in [0.15, 0.2) is 42.6 Å². The molecule has 2 aromatic rings. The van der Waals surface area contributed by atoms with Crippen molar-refractivity contribution in [1.82, 2.24) is 15.6 Å². The van der Waals surface area contributed by atoms with Crippen molar-refractivity contribution in [2.24, 2.45) is 5.41 Å². The van der Waals surface area contributed by atoms with E-state index in [1.807, 2.05) is 0 Å². The van der Waals surface area contributed by atoms with Crippen LogP contribution in [0.3, 0.4) is 0 Å². The first-order valence-electron chi connectivity index (χ1n) is 9.93. The second-order valence-electron chi connectivity index (χ2n) is 7.65. The molecule has 1 unspecified atom stereocenters. The maximum atomic E-state index is 12.6. The Balaban J connectivity index is 1.37. The summed E-state index contributed by atoms with van der Waals surface area (Å²) in [5, 5.41) is 12.5. The summed E-state index contributed by atoms with van der Waals surface area (Å²) in [6.07, 6.45) is 3.32. The summed E-state index contributed by atoms with van der Waals surface area (Å²) in [5.41, 5.74) is 0.993. The number of hydrogen-bond acceptors (Lipinski definition) is 5. The number of benzene rings is 1. The number of urea groups is 1. The summed E-state index contributed by atoms with van der Waals surface area (Å²) in [4.78, 5) is 29.1. The van der Waals surface area contributed by atoms with Gasteiger partial charge in [0.2, 0.25) is 0 Å². The number of nitrogens with one attached hydrogen (secondary N) is 4. The van der Waals surface area contributed by atoms with Gasteiger partial charge in [-0.25, -0.2) is 9.78 Å². The maximum absolute atomic E-state index is 12.6. The smallest absolute Gasteiger partial charge is 0.319 e. The number of hydrogen-bond donors (Lipinski definition) is 4. The Bertz CT molecular complexity index is 915. The van der Waals surface area contributed by atoms with Crippen molar-refractivity contribution in [1.29, 1.82) is 0 Å². The molecule has 3 heterocycles. The van der Waals surface area contributed by atoms with Crippen LogP contribution in [0, 0.1) is 5.41 Å². The first-order chi connectivity index (χ1) is 14.5. The van der Waals surface area contributed by atoms with Gasteiger partial charge in [-0.3, -0.25) is 4.79 Å². The van der Waals surface area contributed by atoms with Crippen molar-refractivity contribution in [2.75, 3.05) is 36.9 Å². The van der Waals surface area contributed by atoms with Gasteiger partial charge in [-0.2, -0.15) is 0 Å². The lowest BCUT2D eigenvalue weighted by Crippen LogP contribution is -2.50. The number of pyridine rings is 1. The Labute approximate surface area is 179 Å². The summed E-state index contributed by atoms with van der Waals surface area (Å²) in [6, 6.07) is 9.79. The third-order valence-electron chi connectivity index (χ3n) is 5.71. The molecule has 1 aromatic heterocycles. The van der Waals surface area contributed by atoms with Crippen molar-refractivity contribution in [2.45, 2.75) is 18.9 Å². The van der Waals surface area contributed by atoms with Crippen LogP contribution in [-0.4, -0.2) is 49.3 Å². The quantitative estimate of drug-likeness (QED) is 0.598. The zero-order chi connectivity index (χ0) is 21.0. The third kappa shape index (κ3) is 4.72. The van der Waals surface area contributed by atoms with Crippen molar-refractivity contribution in [3.05, 3.63) is 53.2 Å². The number of carbonyl (C=O) groups is 2. The number of halogens is 1. The molecule has 9 heteroatoms. The van der Waals surface area contributed by atoms with E-state index < -0.39 is 0 Å². The van der Waals surface area contributed by atoms with Gasteiger partial charge in [0.1, 0.15) is 5.82 Å². The molecule has 4 rings (SSSR count). The summed E-state index contributed by atoms with van der Waals surface area (Å²) in [6.45, 7) is 3.07. The highest BCUT2D eigenvalue weighted by Gasteiger charge is 2.44. The van der Waals surface area contributed by atoms with Crippen LogP contribution in [0.2, 0.25) is 5.02 Å². The van der Waals surface area contributed by atoms with Gasteiger partial charge in [-0.05, 0) is 43.2 Å². The van der Waals surface area contributed by atoms with Gasteiger partial charge in [0, 0.05) is 49.2 Å². The summed E-state index contributed by atoms with van der Waals surface area (Å²) < 4.78 is 5.48. The molecular weight excluding hydrogens is 406 g/mol. The first-order valence-corrected chi connectivity index (χ1v) is 10.3. The Morgan fingerprint density at radius 1 is 1.17 bits per heavy atom. The lowest BCUT2D eigenvalue weighted by molar-refractivity contribution is 0.0138. The van der Waals surface area contributed by atoms with Crippen LogP contribution in [0.25, 0.3) is 0 Å². The largest absolute Gasteiger partial charge is 0.381 e. The minimum Gasteiger partial charge on any atom is -0.381 e. The molecule has 1 atom stereocenters. The van der Waals surface area contributed by atoms with Crippen LogP contribution >= 0.6 is 11.6 Å². The molecule has 4 N–H and O–H groups in total. The molecule has 1 aromatic carbocycles. The fourth-order valence-electron chi connectivity index (χ4n) is 4.01. The number of rotatable bonds is 4. The fourth-order valence-corrected chi connectivity index (χ4v) is 4.13. The Kier molecular flexibility index (Phi) is 6.17. The summed E-state index contributed by atoms with van der Waals surface area (Å²) >= 11 is 5.81. The van der Waals surface area contributed by atoms with Gasteiger partial charge in [-0.1, -0.05) is 17.7 Å². The predicted octanol–water partition coefficient (Wildman–Crippen LogP) is 2.88. The molecule has 0 bridgehead atoms. The minimum atomic E-state index is -0.324. The Morgan fingerprint density at radius 3 is 2.77 bits per heavy atom. The van der Waals surface area contributed by atoms with Crippen LogP contribution in [0.1, 0.15) is 23.2 Å². The molecule has 2 aliphatic heterocycles. The van der Waals surface area contributed by atoms with Crippen molar-refractivity contribution in [3.8, 4) is 0 Å². The van der Waals surface area contributed by atoms with Gasteiger partial charge in [0.15, 0.2) is 0 Å². The Morgan fingerprint density at radius 2 is 2.00 bits per heavy atom. The third-order valence-corrected chi connectivity index (χ3v) is 5.93. The SMILES string of the molecule is O=C(Nc1cccc(C(=O)Nc2ccc(Cl)cn2)c1)NC1CNCC12CCOCC2. The highest BCUT2D eigenvalue weighted by atomic mass is 35.5. The number of nitrogens with zero attached hydrogens (tertiary/aromatic N) is 1. The molecule has 2 fully saturated rings. The molecule has 8 nitrogen and oxygen atoms in total. The molecule has 2 saturated heterocycles. The first kappa shape index (κ1) is 20.6. The standard InChI is InChI=1S/C21H24ClN5O3/c22-15-4-5-18(24-11-15)27-19(28)14-2-1-3-16(10-14)25-20(29)26-17-12-23-13-21(17)6-8-30-9-7-21/h1-5,10-11,17,23H,6-9,12-13H2,(H,24,27,28)(H2,25,26,29). The second-order valence-corrected chi connectivity index (χ2v) is 8.09. The van der Waals surface area contributed by atoms with Gasteiger partial charge in [0.25, 0.3) is 5.91 Å². The molecule has 0 saturated carbocycles. The van der Waals surface area contributed by atoms with E-state index in [9.17, 15) is 9.59 Å². The van der Waals surface area contributed by atoms with Crippen molar-refractivity contribution in [3.63, 3.8) is 0 Å². The zero-order valence-corrected chi connectivity index (χ0v) is 17.2. The summed E-state index contributed by atoms with van der Waals surface area (Å²) in [7, 11) is 0.